The van der Waals surface area contributed by atoms with Crippen LogP contribution in [-0.4, -0.2) is 0 Å². The molecule has 0 spiro atoms. The maximum absolute atomic E-state index is 6.55. The molecule has 0 aliphatic rings. The predicted molar refractivity (Wildman–Crippen MR) is 155 cm³/mol. The molecule has 9 aromatic rings. The molecule has 0 bridgehead atoms. The van der Waals surface area contributed by atoms with Gasteiger partial charge >= 0.3 is 0 Å². The van der Waals surface area contributed by atoms with Crippen LogP contribution in [0.1, 0.15) is 0 Å². The molecular formula is C32H16OS2. The zero-order valence-electron chi connectivity index (χ0n) is 18.5. The SMILES string of the molecule is c1ccc2c(c1)sc1ccc3ccc4oc5ccc6ccc7sc8ccccc8c7c6c5c4c3c12. The van der Waals surface area contributed by atoms with E-state index in [-0.39, 0.29) is 0 Å². The van der Waals surface area contributed by atoms with Crippen molar-refractivity contribution in [2.45, 2.75) is 0 Å². The van der Waals surface area contributed by atoms with Gasteiger partial charge in [-0.25, -0.2) is 0 Å². The highest BCUT2D eigenvalue weighted by Gasteiger charge is 2.19. The Labute approximate surface area is 207 Å². The van der Waals surface area contributed by atoms with Crippen molar-refractivity contribution in [2.75, 3.05) is 0 Å². The van der Waals surface area contributed by atoms with E-state index in [2.05, 4.69) is 97.1 Å². The Morgan fingerprint density at radius 2 is 0.829 bits per heavy atom. The van der Waals surface area contributed by atoms with Gasteiger partial charge in [0.15, 0.2) is 0 Å². The van der Waals surface area contributed by atoms with Crippen LogP contribution in [0.2, 0.25) is 0 Å². The first-order valence-electron chi connectivity index (χ1n) is 11.8. The smallest absolute Gasteiger partial charge is 0.136 e. The molecule has 0 N–H and O–H groups in total. The Hall–Kier alpha value is -3.92. The lowest BCUT2D eigenvalue weighted by Gasteiger charge is -2.06. The quantitative estimate of drug-likeness (QED) is 0.210. The summed E-state index contributed by atoms with van der Waals surface area (Å²) in [4.78, 5) is 0. The molecule has 0 saturated carbocycles. The number of benzene rings is 6. The van der Waals surface area contributed by atoms with Crippen molar-refractivity contribution < 1.29 is 4.42 Å². The first-order chi connectivity index (χ1) is 17.3. The van der Waals surface area contributed by atoms with E-state index >= 15 is 0 Å². The molecule has 0 radical (unpaired) electrons. The highest BCUT2D eigenvalue weighted by molar-refractivity contribution is 7.26. The number of furan rings is 1. The fraction of sp³-hybridized carbons (Fsp3) is 0. The Morgan fingerprint density at radius 3 is 1.34 bits per heavy atom. The number of fused-ring (bicyclic) bond motifs is 15. The fourth-order valence-corrected chi connectivity index (χ4v) is 8.24. The first-order valence-corrected chi connectivity index (χ1v) is 13.4. The summed E-state index contributed by atoms with van der Waals surface area (Å²) in [6.45, 7) is 0. The van der Waals surface area contributed by atoms with Crippen LogP contribution in [0.5, 0.6) is 0 Å². The van der Waals surface area contributed by atoms with Gasteiger partial charge in [-0.15, -0.1) is 22.7 Å². The molecule has 0 aliphatic carbocycles. The van der Waals surface area contributed by atoms with Gasteiger partial charge in [0.25, 0.3) is 0 Å². The molecule has 0 aliphatic heterocycles. The van der Waals surface area contributed by atoms with Gasteiger partial charge in [-0.1, -0.05) is 60.7 Å². The number of hydrogen-bond acceptors (Lipinski definition) is 3. The Bertz CT molecular complexity index is 2150. The normalized spacial score (nSPS) is 12.6. The zero-order chi connectivity index (χ0) is 22.7. The first kappa shape index (κ1) is 18.4. The van der Waals surface area contributed by atoms with Crippen LogP contribution in [0.4, 0.5) is 0 Å². The van der Waals surface area contributed by atoms with Crippen molar-refractivity contribution in [3.8, 4) is 0 Å². The van der Waals surface area contributed by atoms with Gasteiger partial charge in [0, 0.05) is 61.9 Å². The zero-order valence-corrected chi connectivity index (χ0v) is 20.1. The third kappa shape index (κ3) is 2.28. The van der Waals surface area contributed by atoms with E-state index in [0.717, 1.165) is 11.2 Å². The molecular weight excluding hydrogens is 464 g/mol. The minimum Gasteiger partial charge on any atom is -0.456 e. The summed E-state index contributed by atoms with van der Waals surface area (Å²) in [5, 5.41) is 12.9. The summed E-state index contributed by atoms with van der Waals surface area (Å²) in [6.07, 6.45) is 0. The number of rotatable bonds is 0. The van der Waals surface area contributed by atoms with Gasteiger partial charge in [-0.05, 0) is 47.2 Å². The molecule has 3 aromatic heterocycles. The van der Waals surface area contributed by atoms with Gasteiger partial charge in [0.05, 0.1) is 0 Å². The predicted octanol–water partition coefficient (Wildman–Crippen LogP) is 10.6. The lowest BCUT2D eigenvalue weighted by atomic mass is 9.95. The van der Waals surface area contributed by atoms with Crippen molar-refractivity contribution in [3.63, 3.8) is 0 Å². The van der Waals surface area contributed by atoms with Crippen LogP contribution in [0, 0.1) is 0 Å². The lowest BCUT2D eigenvalue weighted by Crippen LogP contribution is -1.80. The monoisotopic (exact) mass is 480 g/mol. The van der Waals surface area contributed by atoms with Crippen molar-refractivity contribution in [1.29, 1.82) is 0 Å². The van der Waals surface area contributed by atoms with Crippen LogP contribution in [0.3, 0.4) is 0 Å². The van der Waals surface area contributed by atoms with Gasteiger partial charge in [0.2, 0.25) is 0 Å². The van der Waals surface area contributed by atoms with Gasteiger partial charge in [-0.3, -0.25) is 0 Å². The molecule has 9 rings (SSSR count). The Morgan fingerprint density at radius 1 is 0.371 bits per heavy atom. The number of hydrogen-bond donors (Lipinski definition) is 0. The lowest BCUT2D eigenvalue weighted by molar-refractivity contribution is 0.669. The van der Waals surface area contributed by atoms with Gasteiger partial charge in [-0.2, -0.15) is 0 Å². The highest BCUT2D eigenvalue weighted by atomic mass is 32.1. The van der Waals surface area contributed by atoms with Crippen molar-refractivity contribution in [2.24, 2.45) is 0 Å². The minimum atomic E-state index is 0.958. The Balaban J connectivity index is 1.65. The third-order valence-electron chi connectivity index (χ3n) is 7.44. The summed E-state index contributed by atoms with van der Waals surface area (Å²) in [5.41, 5.74) is 1.92. The maximum Gasteiger partial charge on any atom is 0.136 e. The molecule has 3 heterocycles. The minimum absolute atomic E-state index is 0.958. The molecule has 35 heavy (non-hydrogen) atoms. The highest BCUT2D eigenvalue weighted by Crippen LogP contribution is 2.48. The van der Waals surface area contributed by atoms with Crippen LogP contribution in [0.15, 0.2) is 101 Å². The number of thiophene rings is 2. The summed E-state index contributed by atoms with van der Waals surface area (Å²) in [7, 11) is 0. The summed E-state index contributed by atoms with van der Waals surface area (Å²) < 4.78 is 11.9. The summed E-state index contributed by atoms with van der Waals surface area (Å²) >= 11 is 3.75. The van der Waals surface area contributed by atoms with Crippen LogP contribution >= 0.6 is 22.7 Å². The van der Waals surface area contributed by atoms with Crippen LogP contribution < -0.4 is 0 Å². The van der Waals surface area contributed by atoms with Crippen LogP contribution in [0.25, 0.3) is 83.8 Å². The molecule has 0 atom stereocenters. The molecule has 162 valence electrons. The fourth-order valence-electron chi connectivity index (χ4n) is 6.01. The van der Waals surface area contributed by atoms with E-state index in [1.165, 1.54) is 72.7 Å². The molecule has 0 saturated heterocycles. The van der Waals surface area contributed by atoms with Gasteiger partial charge < -0.3 is 4.42 Å². The van der Waals surface area contributed by atoms with Crippen molar-refractivity contribution >= 4 is 107 Å². The molecule has 0 amide bonds. The van der Waals surface area contributed by atoms with E-state index in [9.17, 15) is 0 Å². The van der Waals surface area contributed by atoms with Crippen molar-refractivity contribution in [1.82, 2.24) is 0 Å². The molecule has 3 heteroatoms. The van der Waals surface area contributed by atoms with Gasteiger partial charge in [0.1, 0.15) is 11.2 Å². The summed E-state index contributed by atoms with van der Waals surface area (Å²) in [6, 6.07) is 35.4. The molecule has 0 unspecified atom stereocenters. The second-order valence-corrected chi connectivity index (χ2v) is 11.4. The second kappa shape index (κ2) is 6.39. The molecule has 6 aromatic carbocycles. The standard InChI is InChI=1S/C32H16OS2/c1-3-7-23-19(5-1)29-25(34-23)15-11-17-9-13-21-31(27(17)29)32-22(33-21)14-10-18-12-16-26-30(28(18)32)20-6-2-4-8-24(20)35-26/h1-16H. The van der Waals surface area contributed by atoms with E-state index in [1.807, 2.05) is 22.7 Å². The Kier molecular flexibility index (Phi) is 3.36. The average Bonchev–Trinajstić information content (AvgIpc) is 3.58. The largest absolute Gasteiger partial charge is 0.456 e. The van der Waals surface area contributed by atoms with E-state index in [4.69, 9.17) is 4.42 Å². The van der Waals surface area contributed by atoms with Crippen molar-refractivity contribution in [3.05, 3.63) is 97.1 Å². The van der Waals surface area contributed by atoms with E-state index < -0.39 is 0 Å². The van der Waals surface area contributed by atoms with Crippen LogP contribution in [-0.2, 0) is 0 Å². The third-order valence-corrected chi connectivity index (χ3v) is 9.71. The van der Waals surface area contributed by atoms with E-state index in [1.54, 1.807) is 0 Å². The maximum atomic E-state index is 6.55. The summed E-state index contributed by atoms with van der Waals surface area (Å²) in [5.74, 6) is 0. The van der Waals surface area contributed by atoms with E-state index in [0.29, 0.717) is 0 Å². The molecule has 1 nitrogen and oxygen atoms in total. The molecule has 0 fully saturated rings. The topological polar surface area (TPSA) is 13.1 Å². The average molecular weight is 481 g/mol. The second-order valence-electron chi connectivity index (χ2n) is 9.25.